The fourth-order valence-corrected chi connectivity index (χ4v) is 1.35. The van der Waals surface area contributed by atoms with E-state index in [-0.39, 0.29) is 18.0 Å². The predicted molar refractivity (Wildman–Crippen MR) is 73.5 cm³/mol. The van der Waals surface area contributed by atoms with Crippen LogP contribution in [-0.4, -0.2) is 18.0 Å². The van der Waals surface area contributed by atoms with E-state index in [0.29, 0.717) is 5.02 Å². The molecule has 0 fully saturated rings. The van der Waals surface area contributed by atoms with Gasteiger partial charge in [-0.3, -0.25) is 0 Å². The molecular weight excluding hydrogens is 238 g/mol. The van der Waals surface area contributed by atoms with Crippen LogP contribution in [0.3, 0.4) is 0 Å². The van der Waals surface area contributed by atoms with E-state index in [1.165, 1.54) is 0 Å². The number of hydrogen-bond donors (Lipinski definition) is 3. The third-order valence-corrected chi connectivity index (χ3v) is 1.96. The minimum absolute atomic E-state index is 0.0812. The highest BCUT2D eigenvalue weighted by molar-refractivity contribution is 6.30. The van der Waals surface area contributed by atoms with Crippen LogP contribution in [0.15, 0.2) is 34.3 Å². The number of guanidine groups is 2. The first-order chi connectivity index (χ1) is 7.97. The monoisotopic (exact) mass is 253 g/mol. The van der Waals surface area contributed by atoms with E-state index in [1.54, 1.807) is 12.1 Å². The number of nitrogens with one attached hydrogen (secondary N) is 1. The minimum Gasteiger partial charge on any atom is -0.369 e. The Morgan fingerprint density at radius 2 is 2.06 bits per heavy atom. The first-order valence-corrected chi connectivity index (χ1v) is 5.55. The number of benzene rings is 1. The molecule has 0 heterocycles. The number of anilines is 1. The van der Waals surface area contributed by atoms with Gasteiger partial charge >= 0.3 is 0 Å². The van der Waals surface area contributed by atoms with E-state index in [1.807, 2.05) is 26.0 Å². The highest BCUT2D eigenvalue weighted by Crippen LogP contribution is 2.14. The third-order valence-electron chi connectivity index (χ3n) is 1.72. The second kappa shape index (κ2) is 6.10. The number of halogens is 1. The predicted octanol–water partition coefficient (Wildman–Crippen LogP) is 1.79. The second-order valence-electron chi connectivity index (χ2n) is 3.71. The smallest absolute Gasteiger partial charge is 0.218 e. The van der Waals surface area contributed by atoms with E-state index in [4.69, 9.17) is 23.1 Å². The van der Waals surface area contributed by atoms with Crippen molar-refractivity contribution in [1.29, 1.82) is 0 Å². The molecule has 1 aromatic carbocycles. The lowest BCUT2D eigenvalue weighted by Gasteiger charge is -2.05. The molecule has 6 heteroatoms. The Bertz CT molecular complexity index is 439. The summed E-state index contributed by atoms with van der Waals surface area (Å²) in [6.45, 7) is 3.81. The molecule has 0 amide bonds. The van der Waals surface area contributed by atoms with Crippen LogP contribution in [0.25, 0.3) is 0 Å². The maximum atomic E-state index is 5.83. The summed E-state index contributed by atoms with van der Waals surface area (Å²) in [6, 6.07) is 7.22. The lowest BCUT2D eigenvalue weighted by Crippen LogP contribution is -2.26. The number of rotatable bonds is 2. The van der Waals surface area contributed by atoms with Gasteiger partial charge in [0.05, 0.1) is 0 Å². The summed E-state index contributed by atoms with van der Waals surface area (Å²) in [5.74, 6) is 0.321. The molecule has 0 spiro atoms. The van der Waals surface area contributed by atoms with Gasteiger partial charge in [0.25, 0.3) is 0 Å². The second-order valence-corrected chi connectivity index (χ2v) is 4.15. The van der Waals surface area contributed by atoms with Crippen LogP contribution in [0.5, 0.6) is 0 Å². The quantitative estimate of drug-likeness (QED) is 0.555. The normalized spacial score (nSPS) is 12.9. The molecule has 5 N–H and O–H groups in total. The molecular formula is C11H16ClN5. The first kappa shape index (κ1) is 13.3. The first-order valence-electron chi connectivity index (χ1n) is 5.17. The standard InChI is InChI=1S/C11H16ClN5/c1-7(2)15-10(13)17-11(14)16-9-5-3-4-8(12)6-9/h3-7H,1-2H3,(H5,13,14,15,16,17). The Hall–Kier alpha value is -1.75. The number of hydrogen-bond acceptors (Lipinski definition) is 1. The fourth-order valence-electron chi connectivity index (χ4n) is 1.16. The molecule has 0 saturated heterocycles. The van der Waals surface area contributed by atoms with E-state index in [0.717, 1.165) is 5.69 Å². The van der Waals surface area contributed by atoms with Crippen molar-refractivity contribution in [1.82, 2.24) is 0 Å². The average Bonchev–Trinajstić information content (AvgIpc) is 2.14. The highest BCUT2D eigenvalue weighted by Gasteiger charge is 1.98. The van der Waals surface area contributed by atoms with Crippen LogP contribution < -0.4 is 16.8 Å². The van der Waals surface area contributed by atoms with E-state index >= 15 is 0 Å². The van der Waals surface area contributed by atoms with Gasteiger partial charge in [-0.15, -0.1) is 0 Å². The lowest BCUT2D eigenvalue weighted by molar-refractivity contribution is 0.831. The number of nitrogens with zero attached hydrogens (tertiary/aromatic N) is 2. The van der Waals surface area contributed by atoms with Crippen molar-refractivity contribution in [2.24, 2.45) is 21.5 Å². The molecule has 17 heavy (non-hydrogen) atoms. The molecule has 5 nitrogen and oxygen atoms in total. The van der Waals surface area contributed by atoms with Crippen LogP contribution in [0.2, 0.25) is 5.02 Å². The molecule has 0 aliphatic rings. The van der Waals surface area contributed by atoms with Gasteiger partial charge in [-0.2, -0.15) is 4.99 Å². The zero-order valence-electron chi connectivity index (χ0n) is 9.81. The van der Waals surface area contributed by atoms with Crippen LogP contribution >= 0.6 is 11.6 Å². The van der Waals surface area contributed by atoms with Gasteiger partial charge in [0.2, 0.25) is 11.9 Å². The molecule has 0 aromatic heterocycles. The zero-order chi connectivity index (χ0) is 12.8. The van der Waals surface area contributed by atoms with Gasteiger partial charge in [0.1, 0.15) is 0 Å². The van der Waals surface area contributed by atoms with Crippen LogP contribution in [0.4, 0.5) is 5.69 Å². The van der Waals surface area contributed by atoms with Crippen molar-refractivity contribution >= 4 is 29.2 Å². The summed E-state index contributed by atoms with van der Waals surface area (Å²) in [5.41, 5.74) is 12.0. The van der Waals surface area contributed by atoms with E-state index in [9.17, 15) is 0 Å². The summed E-state index contributed by atoms with van der Waals surface area (Å²) in [4.78, 5) is 7.95. The van der Waals surface area contributed by atoms with Crippen molar-refractivity contribution in [3.05, 3.63) is 29.3 Å². The Morgan fingerprint density at radius 1 is 1.35 bits per heavy atom. The van der Waals surface area contributed by atoms with Gasteiger partial charge in [-0.05, 0) is 32.0 Å². The largest absolute Gasteiger partial charge is 0.369 e. The van der Waals surface area contributed by atoms with Crippen molar-refractivity contribution in [3.8, 4) is 0 Å². The highest BCUT2D eigenvalue weighted by atomic mass is 35.5. The molecule has 0 unspecified atom stereocenters. The summed E-state index contributed by atoms with van der Waals surface area (Å²) in [6.07, 6.45) is 0. The van der Waals surface area contributed by atoms with E-state index in [2.05, 4.69) is 15.3 Å². The Labute approximate surface area is 106 Å². The Kier molecular flexibility index (Phi) is 4.78. The van der Waals surface area contributed by atoms with Gasteiger partial charge in [0.15, 0.2) is 0 Å². The summed E-state index contributed by atoms with van der Waals surface area (Å²) in [7, 11) is 0. The number of aliphatic imine (C=N–C) groups is 2. The molecule has 0 saturated carbocycles. The molecule has 0 bridgehead atoms. The average molecular weight is 254 g/mol. The molecule has 0 atom stereocenters. The van der Waals surface area contributed by atoms with Crippen molar-refractivity contribution in [2.45, 2.75) is 19.9 Å². The van der Waals surface area contributed by atoms with Crippen LogP contribution in [0.1, 0.15) is 13.8 Å². The minimum atomic E-state index is 0.0812. The molecule has 0 radical (unpaired) electrons. The number of nitrogens with two attached hydrogens (primary N) is 2. The van der Waals surface area contributed by atoms with Crippen LogP contribution in [-0.2, 0) is 0 Å². The third kappa shape index (κ3) is 5.21. The topological polar surface area (TPSA) is 88.8 Å². The molecule has 92 valence electrons. The van der Waals surface area contributed by atoms with Crippen molar-refractivity contribution in [2.75, 3.05) is 5.32 Å². The Morgan fingerprint density at radius 3 is 2.65 bits per heavy atom. The zero-order valence-corrected chi connectivity index (χ0v) is 10.6. The summed E-state index contributed by atoms with van der Waals surface area (Å²) in [5, 5.41) is 3.49. The van der Waals surface area contributed by atoms with Crippen molar-refractivity contribution < 1.29 is 0 Å². The van der Waals surface area contributed by atoms with E-state index < -0.39 is 0 Å². The SMILES string of the molecule is CC(C)N=C(N)N=C(N)Nc1cccc(Cl)c1. The van der Waals surface area contributed by atoms with Gasteiger partial charge in [-0.25, -0.2) is 4.99 Å². The molecule has 0 aliphatic carbocycles. The van der Waals surface area contributed by atoms with Gasteiger partial charge in [-0.1, -0.05) is 17.7 Å². The molecule has 0 aliphatic heterocycles. The maximum absolute atomic E-state index is 5.83. The summed E-state index contributed by atoms with van der Waals surface area (Å²) < 4.78 is 0. The van der Waals surface area contributed by atoms with Gasteiger partial charge < -0.3 is 16.8 Å². The van der Waals surface area contributed by atoms with Gasteiger partial charge in [0, 0.05) is 16.8 Å². The Balaban J connectivity index is 2.72. The fraction of sp³-hybridized carbons (Fsp3) is 0.273. The molecule has 1 rings (SSSR count). The summed E-state index contributed by atoms with van der Waals surface area (Å²) >= 11 is 5.83. The van der Waals surface area contributed by atoms with Crippen LogP contribution in [0, 0.1) is 0 Å². The maximum Gasteiger partial charge on any atom is 0.218 e. The van der Waals surface area contributed by atoms with Crippen molar-refractivity contribution in [3.63, 3.8) is 0 Å². The lowest BCUT2D eigenvalue weighted by atomic mass is 10.3. The molecule has 1 aromatic rings.